The Bertz CT molecular complexity index is 591. The van der Waals surface area contributed by atoms with Crippen LogP contribution in [-0.4, -0.2) is 24.9 Å². The molecule has 1 aromatic heterocycles. The SMILES string of the molecule is CC(Nc1cc(N)ccc1C(=O)N(C)C)c1ccco1. The van der Waals surface area contributed by atoms with Crippen LogP contribution in [0.15, 0.2) is 41.0 Å². The Morgan fingerprint density at radius 1 is 1.35 bits per heavy atom. The summed E-state index contributed by atoms with van der Waals surface area (Å²) in [6.07, 6.45) is 1.62. The third-order valence-electron chi connectivity index (χ3n) is 3.02. The van der Waals surface area contributed by atoms with Gasteiger partial charge < -0.3 is 20.4 Å². The molecule has 0 bridgehead atoms. The molecular formula is C15H19N3O2. The number of hydrogen-bond donors (Lipinski definition) is 2. The minimum Gasteiger partial charge on any atom is -0.467 e. The number of carbonyl (C=O) groups is 1. The zero-order valence-corrected chi connectivity index (χ0v) is 11.9. The quantitative estimate of drug-likeness (QED) is 0.840. The molecule has 1 aromatic carbocycles. The van der Waals surface area contributed by atoms with Crippen molar-refractivity contribution in [1.82, 2.24) is 4.90 Å². The molecule has 1 unspecified atom stereocenters. The lowest BCUT2D eigenvalue weighted by Crippen LogP contribution is -2.23. The lowest BCUT2D eigenvalue weighted by molar-refractivity contribution is 0.0828. The number of hydrogen-bond acceptors (Lipinski definition) is 4. The van der Waals surface area contributed by atoms with Crippen LogP contribution in [-0.2, 0) is 0 Å². The summed E-state index contributed by atoms with van der Waals surface area (Å²) in [4.78, 5) is 13.7. The van der Waals surface area contributed by atoms with Gasteiger partial charge in [0.2, 0.25) is 0 Å². The van der Waals surface area contributed by atoms with Gasteiger partial charge in [-0.1, -0.05) is 0 Å². The molecule has 3 N–H and O–H groups in total. The van der Waals surface area contributed by atoms with Gasteiger partial charge in [-0.05, 0) is 37.3 Å². The number of rotatable bonds is 4. The van der Waals surface area contributed by atoms with Crippen molar-refractivity contribution in [2.75, 3.05) is 25.1 Å². The molecule has 0 radical (unpaired) electrons. The van der Waals surface area contributed by atoms with E-state index in [0.717, 1.165) is 5.76 Å². The molecule has 0 aliphatic carbocycles. The van der Waals surface area contributed by atoms with Crippen LogP contribution in [0, 0.1) is 0 Å². The monoisotopic (exact) mass is 273 g/mol. The average molecular weight is 273 g/mol. The summed E-state index contributed by atoms with van der Waals surface area (Å²) in [5.41, 5.74) is 7.70. The number of nitrogens with two attached hydrogens (primary N) is 1. The van der Waals surface area contributed by atoms with Crippen molar-refractivity contribution in [2.24, 2.45) is 0 Å². The zero-order chi connectivity index (χ0) is 14.7. The number of amides is 1. The molecule has 0 saturated heterocycles. The molecule has 5 nitrogen and oxygen atoms in total. The maximum atomic E-state index is 12.2. The van der Waals surface area contributed by atoms with E-state index in [-0.39, 0.29) is 11.9 Å². The average Bonchev–Trinajstić information content (AvgIpc) is 2.92. The van der Waals surface area contributed by atoms with E-state index < -0.39 is 0 Å². The van der Waals surface area contributed by atoms with Crippen molar-refractivity contribution in [2.45, 2.75) is 13.0 Å². The van der Waals surface area contributed by atoms with E-state index in [1.165, 1.54) is 4.90 Å². The maximum absolute atomic E-state index is 12.2. The number of anilines is 2. The normalized spacial score (nSPS) is 11.9. The van der Waals surface area contributed by atoms with Crippen LogP contribution in [0.3, 0.4) is 0 Å². The van der Waals surface area contributed by atoms with Crippen LogP contribution in [0.4, 0.5) is 11.4 Å². The minimum absolute atomic E-state index is 0.0551. The topological polar surface area (TPSA) is 71.5 Å². The fourth-order valence-electron chi connectivity index (χ4n) is 1.95. The van der Waals surface area contributed by atoms with E-state index in [4.69, 9.17) is 10.2 Å². The van der Waals surface area contributed by atoms with E-state index in [1.807, 2.05) is 19.1 Å². The van der Waals surface area contributed by atoms with Crippen LogP contribution < -0.4 is 11.1 Å². The lowest BCUT2D eigenvalue weighted by atomic mass is 10.1. The Kier molecular flexibility index (Phi) is 3.98. The Hall–Kier alpha value is -2.43. The molecule has 2 aromatic rings. The molecule has 0 aliphatic heterocycles. The summed E-state index contributed by atoms with van der Waals surface area (Å²) in [5, 5.41) is 3.27. The molecule has 1 atom stereocenters. The second-order valence-electron chi connectivity index (χ2n) is 4.89. The highest BCUT2D eigenvalue weighted by molar-refractivity contribution is 6.00. The first-order valence-electron chi connectivity index (χ1n) is 6.40. The van der Waals surface area contributed by atoms with Gasteiger partial charge in [-0.25, -0.2) is 0 Å². The highest BCUT2D eigenvalue weighted by Crippen LogP contribution is 2.25. The number of furan rings is 1. The van der Waals surface area contributed by atoms with Gasteiger partial charge in [0.1, 0.15) is 5.76 Å². The van der Waals surface area contributed by atoms with E-state index in [0.29, 0.717) is 16.9 Å². The summed E-state index contributed by atoms with van der Waals surface area (Å²) in [6.45, 7) is 1.96. The summed E-state index contributed by atoms with van der Waals surface area (Å²) >= 11 is 0. The van der Waals surface area contributed by atoms with E-state index >= 15 is 0 Å². The Labute approximate surface area is 118 Å². The fourth-order valence-corrected chi connectivity index (χ4v) is 1.95. The molecule has 1 amide bonds. The van der Waals surface area contributed by atoms with Gasteiger partial charge in [0.25, 0.3) is 5.91 Å². The fraction of sp³-hybridized carbons (Fsp3) is 0.267. The Balaban J connectivity index is 2.30. The van der Waals surface area contributed by atoms with Gasteiger partial charge >= 0.3 is 0 Å². The highest BCUT2D eigenvalue weighted by Gasteiger charge is 2.16. The van der Waals surface area contributed by atoms with Crippen molar-refractivity contribution >= 4 is 17.3 Å². The predicted octanol–water partition coefficient (Wildman–Crippen LogP) is 2.74. The van der Waals surface area contributed by atoms with Crippen molar-refractivity contribution in [1.29, 1.82) is 0 Å². The number of benzene rings is 1. The molecule has 0 aliphatic rings. The van der Waals surface area contributed by atoms with Gasteiger partial charge in [-0.2, -0.15) is 0 Å². The molecule has 0 saturated carbocycles. The molecule has 0 fully saturated rings. The van der Waals surface area contributed by atoms with Crippen LogP contribution >= 0.6 is 0 Å². The second kappa shape index (κ2) is 5.69. The molecule has 5 heteroatoms. The lowest BCUT2D eigenvalue weighted by Gasteiger charge is -2.18. The molecule has 106 valence electrons. The number of nitrogen functional groups attached to an aromatic ring is 1. The van der Waals surface area contributed by atoms with Gasteiger partial charge in [-0.3, -0.25) is 4.79 Å². The van der Waals surface area contributed by atoms with Gasteiger partial charge in [-0.15, -0.1) is 0 Å². The van der Waals surface area contributed by atoms with E-state index in [2.05, 4.69) is 5.32 Å². The summed E-state index contributed by atoms with van der Waals surface area (Å²) in [5.74, 6) is 0.731. The second-order valence-corrected chi connectivity index (χ2v) is 4.89. The number of carbonyl (C=O) groups excluding carboxylic acids is 1. The molecule has 1 heterocycles. The minimum atomic E-state index is -0.0702. The molecule has 2 rings (SSSR count). The van der Waals surface area contributed by atoms with E-state index in [9.17, 15) is 4.79 Å². The number of nitrogens with zero attached hydrogens (tertiary/aromatic N) is 1. The van der Waals surface area contributed by atoms with Crippen molar-refractivity contribution in [3.63, 3.8) is 0 Å². The highest BCUT2D eigenvalue weighted by atomic mass is 16.3. The molecular weight excluding hydrogens is 254 g/mol. The zero-order valence-electron chi connectivity index (χ0n) is 11.9. The van der Waals surface area contributed by atoms with Crippen LogP contribution in [0.2, 0.25) is 0 Å². The standard InChI is InChI=1S/C15H19N3O2/c1-10(14-5-4-8-20-14)17-13-9-11(16)6-7-12(13)15(19)18(2)3/h4-10,17H,16H2,1-3H3. The smallest absolute Gasteiger partial charge is 0.255 e. The first kappa shape index (κ1) is 14.0. The van der Waals surface area contributed by atoms with Crippen molar-refractivity contribution in [3.8, 4) is 0 Å². The third-order valence-corrected chi connectivity index (χ3v) is 3.02. The summed E-state index contributed by atoms with van der Waals surface area (Å²) < 4.78 is 5.36. The molecule has 20 heavy (non-hydrogen) atoms. The Morgan fingerprint density at radius 2 is 2.10 bits per heavy atom. The summed E-state index contributed by atoms with van der Waals surface area (Å²) in [6, 6.07) is 8.88. The van der Waals surface area contributed by atoms with Crippen molar-refractivity contribution < 1.29 is 9.21 Å². The van der Waals surface area contributed by atoms with Crippen LogP contribution in [0.25, 0.3) is 0 Å². The van der Waals surface area contributed by atoms with Crippen LogP contribution in [0.5, 0.6) is 0 Å². The maximum Gasteiger partial charge on any atom is 0.255 e. The largest absolute Gasteiger partial charge is 0.467 e. The first-order valence-corrected chi connectivity index (χ1v) is 6.40. The first-order chi connectivity index (χ1) is 9.49. The summed E-state index contributed by atoms with van der Waals surface area (Å²) in [7, 11) is 3.44. The molecule has 0 spiro atoms. The van der Waals surface area contributed by atoms with Gasteiger partial charge in [0.15, 0.2) is 0 Å². The van der Waals surface area contributed by atoms with Crippen LogP contribution in [0.1, 0.15) is 29.1 Å². The van der Waals surface area contributed by atoms with Gasteiger partial charge in [0.05, 0.1) is 17.9 Å². The van der Waals surface area contributed by atoms with Gasteiger partial charge in [0, 0.05) is 25.5 Å². The Morgan fingerprint density at radius 3 is 2.70 bits per heavy atom. The third kappa shape index (κ3) is 2.93. The predicted molar refractivity (Wildman–Crippen MR) is 79.6 cm³/mol. The van der Waals surface area contributed by atoms with Crippen molar-refractivity contribution in [3.05, 3.63) is 47.9 Å². The number of nitrogens with one attached hydrogen (secondary N) is 1. The van der Waals surface area contributed by atoms with E-state index in [1.54, 1.807) is 38.6 Å².